The molecule has 1 aliphatic rings. The van der Waals surface area contributed by atoms with Crippen molar-refractivity contribution in [3.05, 3.63) is 29.3 Å². The molecule has 4 nitrogen and oxygen atoms in total. The lowest BCUT2D eigenvalue weighted by molar-refractivity contribution is -0.137. The first-order chi connectivity index (χ1) is 9.39. The first kappa shape index (κ1) is 14.6. The highest BCUT2D eigenvalue weighted by atomic mass is 19.4. The molecule has 0 bridgehead atoms. The molecule has 1 aromatic rings. The van der Waals surface area contributed by atoms with E-state index in [4.69, 9.17) is 5.73 Å². The summed E-state index contributed by atoms with van der Waals surface area (Å²) in [4.78, 5) is 13.3. The van der Waals surface area contributed by atoms with Crippen molar-refractivity contribution in [1.29, 1.82) is 0 Å². The minimum Gasteiger partial charge on any atom is -0.370 e. The van der Waals surface area contributed by atoms with Crippen LogP contribution in [0.1, 0.15) is 22.3 Å². The Bertz CT molecular complexity index is 494. The number of rotatable bonds is 2. The Morgan fingerprint density at radius 2 is 2.00 bits per heavy atom. The van der Waals surface area contributed by atoms with Crippen LogP contribution in [0.15, 0.2) is 18.2 Å². The maximum Gasteiger partial charge on any atom is 0.416 e. The highest BCUT2D eigenvalue weighted by Crippen LogP contribution is 2.33. The standard InChI is InChI=1S/C13H16F3N3O/c14-13(15,16)9-2-3-11(10(8-9)12(17)20)19-6-1-4-18-5-7-19/h2-3,8,18H,1,4-7H2,(H2,17,20). The second-order valence-electron chi connectivity index (χ2n) is 4.68. The van der Waals surface area contributed by atoms with Crippen molar-refractivity contribution < 1.29 is 18.0 Å². The number of primary amides is 1. The van der Waals surface area contributed by atoms with Gasteiger partial charge in [-0.15, -0.1) is 0 Å². The molecule has 20 heavy (non-hydrogen) atoms. The van der Waals surface area contributed by atoms with E-state index in [2.05, 4.69) is 5.32 Å². The SMILES string of the molecule is NC(=O)c1cc(C(F)(F)F)ccc1N1CCCNCC1. The van der Waals surface area contributed by atoms with E-state index in [9.17, 15) is 18.0 Å². The Morgan fingerprint density at radius 1 is 1.25 bits per heavy atom. The third kappa shape index (κ3) is 3.22. The minimum absolute atomic E-state index is 0.0817. The summed E-state index contributed by atoms with van der Waals surface area (Å²) in [6, 6.07) is 3.14. The monoisotopic (exact) mass is 287 g/mol. The Hall–Kier alpha value is -1.76. The fourth-order valence-electron chi connectivity index (χ4n) is 2.27. The summed E-state index contributed by atoms with van der Waals surface area (Å²) in [7, 11) is 0. The summed E-state index contributed by atoms with van der Waals surface area (Å²) in [5.74, 6) is -0.844. The van der Waals surface area contributed by atoms with Crippen LogP contribution >= 0.6 is 0 Å². The van der Waals surface area contributed by atoms with Crippen LogP contribution in [0.4, 0.5) is 18.9 Å². The summed E-state index contributed by atoms with van der Waals surface area (Å²) >= 11 is 0. The van der Waals surface area contributed by atoms with Gasteiger partial charge in [-0.2, -0.15) is 13.2 Å². The normalized spacial score (nSPS) is 16.9. The first-order valence-electron chi connectivity index (χ1n) is 6.36. The topological polar surface area (TPSA) is 58.4 Å². The van der Waals surface area contributed by atoms with Gasteiger partial charge in [0.25, 0.3) is 5.91 Å². The van der Waals surface area contributed by atoms with E-state index < -0.39 is 17.6 Å². The van der Waals surface area contributed by atoms with Crippen LogP contribution in [0.2, 0.25) is 0 Å². The second-order valence-corrected chi connectivity index (χ2v) is 4.68. The van der Waals surface area contributed by atoms with Gasteiger partial charge < -0.3 is 16.0 Å². The van der Waals surface area contributed by atoms with Crippen molar-refractivity contribution in [2.24, 2.45) is 5.73 Å². The third-order valence-corrected chi connectivity index (χ3v) is 3.27. The highest BCUT2D eigenvalue weighted by Gasteiger charge is 2.32. The number of anilines is 1. The van der Waals surface area contributed by atoms with Crippen molar-refractivity contribution in [3.8, 4) is 0 Å². The molecule has 1 heterocycles. The molecule has 0 spiro atoms. The van der Waals surface area contributed by atoms with E-state index in [0.29, 0.717) is 18.8 Å². The average Bonchev–Trinajstić information content (AvgIpc) is 2.65. The summed E-state index contributed by atoms with van der Waals surface area (Å²) in [5, 5.41) is 3.19. The molecular weight excluding hydrogens is 271 g/mol. The van der Waals surface area contributed by atoms with Crippen molar-refractivity contribution in [2.45, 2.75) is 12.6 Å². The zero-order valence-corrected chi connectivity index (χ0v) is 10.8. The summed E-state index contributed by atoms with van der Waals surface area (Å²) in [6.07, 6.45) is -3.62. The summed E-state index contributed by atoms with van der Waals surface area (Å²) in [5.41, 5.74) is 4.75. The summed E-state index contributed by atoms with van der Waals surface area (Å²) < 4.78 is 38.1. The molecule has 2 rings (SSSR count). The second kappa shape index (κ2) is 5.70. The van der Waals surface area contributed by atoms with Gasteiger partial charge in [0.05, 0.1) is 11.1 Å². The highest BCUT2D eigenvalue weighted by molar-refractivity contribution is 5.99. The fourth-order valence-corrected chi connectivity index (χ4v) is 2.27. The number of amides is 1. The number of benzene rings is 1. The molecule has 1 amide bonds. The molecule has 1 aromatic carbocycles. The van der Waals surface area contributed by atoms with Crippen LogP contribution in [-0.2, 0) is 6.18 Å². The number of nitrogens with zero attached hydrogens (tertiary/aromatic N) is 1. The van der Waals surface area contributed by atoms with Gasteiger partial charge in [-0.1, -0.05) is 0 Å². The van der Waals surface area contributed by atoms with Gasteiger partial charge in [0, 0.05) is 25.3 Å². The lowest BCUT2D eigenvalue weighted by Gasteiger charge is -2.25. The predicted octanol–water partition coefficient (Wildman–Crippen LogP) is 1.60. The molecule has 0 atom stereocenters. The van der Waals surface area contributed by atoms with Crippen LogP contribution in [-0.4, -0.2) is 32.1 Å². The van der Waals surface area contributed by atoms with Gasteiger partial charge in [0.2, 0.25) is 0 Å². The maximum atomic E-state index is 12.7. The average molecular weight is 287 g/mol. The van der Waals surface area contributed by atoms with Gasteiger partial charge in [-0.25, -0.2) is 0 Å². The van der Waals surface area contributed by atoms with Crippen molar-refractivity contribution >= 4 is 11.6 Å². The Labute approximate surface area is 114 Å². The predicted molar refractivity (Wildman–Crippen MR) is 69.7 cm³/mol. The molecule has 0 saturated carbocycles. The number of carbonyl (C=O) groups is 1. The number of alkyl halides is 3. The van der Waals surface area contributed by atoms with Gasteiger partial charge in [-0.05, 0) is 31.2 Å². The van der Waals surface area contributed by atoms with Crippen molar-refractivity contribution in [1.82, 2.24) is 5.32 Å². The minimum atomic E-state index is -4.48. The quantitative estimate of drug-likeness (QED) is 0.868. The van der Waals surface area contributed by atoms with E-state index in [1.807, 2.05) is 4.90 Å². The molecule has 0 aromatic heterocycles. The molecule has 1 aliphatic heterocycles. The lowest BCUT2D eigenvalue weighted by atomic mass is 10.1. The number of carbonyl (C=O) groups excluding carboxylic acids is 1. The van der Waals surface area contributed by atoms with Gasteiger partial charge in [-0.3, -0.25) is 4.79 Å². The van der Waals surface area contributed by atoms with Crippen LogP contribution in [0.3, 0.4) is 0 Å². The lowest BCUT2D eigenvalue weighted by Crippen LogP contribution is -2.30. The first-order valence-corrected chi connectivity index (χ1v) is 6.36. The molecule has 0 aliphatic carbocycles. The molecule has 7 heteroatoms. The molecule has 1 fully saturated rings. The zero-order chi connectivity index (χ0) is 14.8. The van der Waals surface area contributed by atoms with Gasteiger partial charge in [0.1, 0.15) is 0 Å². The van der Waals surface area contributed by atoms with E-state index in [1.165, 1.54) is 6.07 Å². The van der Waals surface area contributed by atoms with Crippen molar-refractivity contribution in [3.63, 3.8) is 0 Å². The molecule has 3 N–H and O–H groups in total. The fraction of sp³-hybridized carbons (Fsp3) is 0.462. The number of hydrogen-bond donors (Lipinski definition) is 2. The van der Waals surface area contributed by atoms with Gasteiger partial charge >= 0.3 is 6.18 Å². The van der Waals surface area contributed by atoms with E-state index in [0.717, 1.165) is 31.6 Å². The van der Waals surface area contributed by atoms with Crippen LogP contribution in [0.5, 0.6) is 0 Å². The number of nitrogens with two attached hydrogens (primary N) is 1. The van der Waals surface area contributed by atoms with Crippen LogP contribution in [0, 0.1) is 0 Å². The zero-order valence-electron chi connectivity index (χ0n) is 10.8. The van der Waals surface area contributed by atoms with Crippen molar-refractivity contribution in [2.75, 3.05) is 31.1 Å². The molecule has 1 saturated heterocycles. The third-order valence-electron chi connectivity index (χ3n) is 3.27. The number of hydrogen-bond acceptors (Lipinski definition) is 3. The Kier molecular flexibility index (Phi) is 4.17. The molecule has 0 unspecified atom stereocenters. The van der Waals surface area contributed by atoms with E-state index >= 15 is 0 Å². The molecular formula is C13H16F3N3O. The smallest absolute Gasteiger partial charge is 0.370 e. The van der Waals surface area contributed by atoms with E-state index in [1.54, 1.807) is 0 Å². The molecule has 110 valence electrons. The number of nitrogens with one attached hydrogen (secondary N) is 1. The molecule has 0 radical (unpaired) electrons. The van der Waals surface area contributed by atoms with Crippen LogP contribution in [0.25, 0.3) is 0 Å². The van der Waals surface area contributed by atoms with Gasteiger partial charge in [0.15, 0.2) is 0 Å². The Balaban J connectivity index is 2.39. The van der Waals surface area contributed by atoms with Crippen LogP contribution < -0.4 is 16.0 Å². The van der Waals surface area contributed by atoms with E-state index in [-0.39, 0.29) is 5.56 Å². The summed E-state index contributed by atoms with van der Waals surface area (Å²) in [6.45, 7) is 2.88. The maximum absolute atomic E-state index is 12.7. The number of halogens is 3. The Morgan fingerprint density at radius 3 is 2.65 bits per heavy atom. The largest absolute Gasteiger partial charge is 0.416 e.